The highest BCUT2D eigenvalue weighted by Crippen LogP contribution is 2.19. The molecule has 0 bridgehead atoms. The number of nitrogens with one attached hydrogen (secondary N) is 2. The quantitative estimate of drug-likeness (QED) is 0.548. The molecule has 3 rings (SSSR count). The first-order valence-corrected chi connectivity index (χ1v) is 13.1. The molecule has 8 heteroatoms. The van der Waals surface area contributed by atoms with Crippen LogP contribution in [0.3, 0.4) is 0 Å². The van der Waals surface area contributed by atoms with E-state index in [1.54, 1.807) is 48.5 Å². The molecule has 0 spiro atoms. The highest BCUT2D eigenvalue weighted by atomic mass is 32.2. The SMILES string of the molecule is CCN(CC)S(=O)(=O)c1ccc(CCC(=O)Nc2ccc(C(=O)NC3CCCC3)cc2)cc1. The monoisotopic (exact) mass is 471 g/mol. The van der Waals surface area contributed by atoms with Gasteiger partial charge in [0.2, 0.25) is 15.9 Å². The van der Waals surface area contributed by atoms with Crippen LogP contribution >= 0.6 is 0 Å². The summed E-state index contributed by atoms with van der Waals surface area (Å²) in [6.07, 6.45) is 5.17. The molecule has 0 unspecified atom stereocenters. The van der Waals surface area contributed by atoms with Crippen molar-refractivity contribution in [2.75, 3.05) is 18.4 Å². The maximum Gasteiger partial charge on any atom is 0.251 e. The summed E-state index contributed by atoms with van der Waals surface area (Å²) in [6.45, 7) is 4.47. The molecule has 0 atom stereocenters. The number of nitrogens with zero attached hydrogens (tertiary/aromatic N) is 1. The predicted octanol–water partition coefficient (Wildman–Crippen LogP) is 3.96. The summed E-state index contributed by atoms with van der Waals surface area (Å²) in [4.78, 5) is 24.9. The zero-order valence-corrected chi connectivity index (χ0v) is 20.2. The molecule has 0 heterocycles. The van der Waals surface area contributed by atoms with Crippen molar-refractivity contribution in [2.45, 2.75) is 63.3 Å². The van der Waals surface area contributed by atoms with Gasteiger partial charge in [0.15, 0.2) is 0 Å². The van der Waals surface area contributed by atoms with Gasteiger partial charge in [0.05, 0.1) is 4.90 Å². The van der Waals surface area contributed by atoms with E-state index >= 15 is 0 Å². The van der Waals surface area contributed by atoms with Gasteiger partial charge in [-0.1, -0.05) is 38.8 Å². The van der Waals surface area contributed by atoms with Gasteiger partial charge in [-0.25, -0.2) is 8.42 Å². The van der Waals surface area contributed by atoms with Gasteiger partial charge >= 0.3 is 0 Å². The molecular weight excluding hydrogens is 438 g/mol. The first kappa shape index (κ1) is 24.9. The van der Waals surface area contributed by atoms with Crippen LogP contribution in [0.4, 0.5) is 5.69 Å². The molecule has 2 aromatic carbocycles. The van der Waals surface area contributed by atoms with Crippen LogP contribution < -0.4 is 10.6 Å². The molecule has 7 nitrogen and oxygen atoms in total. The number of benzene rings is 2. The third-order valence-electron chi connectivity index (χ3n) is 6.03. The van der Waals surface area contributed by atoms with Crippen LogP contribution in [0.25, 0.3) is 0 Å². The molecule has 0 radical (unpaired) electrons. The normalized spacial score (nSPS) is 14.4. The van der Waals surface area contributed by atoms with Crippen molar-refractivity contribution < 1.29 is 18.0 Å². The van der Waals surface area contributed by atoms with Crippen LogP contribution in [-0.4, -0.2) is 43.7 Å². The fourth-order valence-corrected chi connectivity index (χ4v) is 5.52. The van der Waals surface area contributed by atoms with E-state index in [9.17, 15) is 18.0 Å². The molecule has 33 heavy (non-hydrogen) atoms. The van der Waals surface area contributed by atoms with E-state index in [0.717, 1.165) is 31.2 Å². The first-order chi connectivity index (χ1) is 15.8. The van der Waals surface area contributed by atoms with Crippen LogP contribution in [0.15, 0.2) is 53.4 Å². The van der Waals surface area contributed by atoms with Crippen molar-refractivity contribution in [3.8, 4) is 0 Å². The molecule has 178 valence electrons. The smallest absolute Gasteiger partial charge is 0.251 e. The number of aryl methyl sites for hydroxylation is 1. The summed E-state index contributed by atoms with van der Waals surface area (Å²) in [6, 6.07) is 13.9. The van der Waals surface area contributed by atoms with E-state index in [0.29, 0.717) is 30.8 Å². The van der Waals surface area contributed by atoms with Gasteiger partial charge in [0.25, 0.3) is 5.91 Å². The minimum absolute atomic E-state index is 0.0776. The lowest BCUT2D eigenvalue weighted by Gasteiger charge is -2.18. The highest BCUT2D eigenvalue weighted by Gasteiger charge is 2.21. The fraction of sp³-hybridized carbons (Fsp3) is 0.440. The minimum atomic E-state index is -3.48. The fourth-order valence-electron chi connectivity index (χ4n) is 4.07. The zero-order valence-electron chi connectivity index (χ0n) is 19.3. The summed E-state index contributed by atoms with van der Waals surface area (Å²) in [7, 11) is -3.48. The first-order valence-electron chi connectivity index (χ1n) is 11.6. The number of anilines is 1. The average Bonchev–Trinajstić information content (AvgIpc) is 3.32. The number of hydrogen-bond acceptors (Lipinski definition) is 4. The van der Waals surface area contributed by atoms with Gasteiger partial charge in [-0.05, 0) is 61.2 Å². The molecule has 0 aromatic heterocycles. The van der Waals surface area contributed by atoms with Crippen LogP contribution in [0, 0.1) is 0 Å². The van der Waals surface area contributed by atoms with Gasteiger partial charge in [0.1, 0.15) is 0 Å². The second-order valence-corrected chi connectivity index (χ2v) is 10.3. The lowest BCUT2D eigenvalue weighted by Crippen LogP contribution is -2.32. The van der Waals surface area contributed by atoms with Crippen molar-refractivity contribution in [2.24, 2.45) is 0 Å². The number of carbonyl (C=O) groups excluding carboxylic acids is 2. The standard InChI is InChI=1S/C25H33N3O4S/c1-3-28(4-2)33(31,32)23-16-9-19(10-17-23)11-18-24(29)26-22-14-12-20(13-15-22)25(30)27-21-7-5-6-8-21/h9-10,12-17,21H,3-8,11,18H2,1-2H3,(H,26,29)(H,27,30). The van der Waals surface area contributed by atoms with Gasteiger partial charge < -0.3 is 10.6 Å². The number of carbonyl (C=O) groups is 2. The second-order valence-electron chi connectivity index (χ2n) is 8.31. The van der Waals surface area contributed by atoms with E-state index in [1.165, 1.54) is 4.31 Å². The minimum Gasteiger partial charge on any atom is -0.349 e. The molecule has 0 aliphatic heterocycles. The van der Waals surface area contributed by atoms with Crippen molar-refractivity contribution >= 4 is 27.5 Å². The molecule has 1 saturated carbocycles. The summed E-state index contributed by atoms with van der Waals surface area (Å²) in [5.74, 6) is -0.218. The Morgan fingerprint density at radius 1 is 0.939 bits per heavy atom. The third kappa shape index (κ3) is 6.65. The third-order valence-corrected chi connectivity index (χ3v) is 8.09. The number of hydrogen-bond donors (Lipinski definition) is 2. The maximum atomic E-state index is 12.6. The molecular formula is C25H33N3O4S. The Labute approximate surface area is 196 Å². The van der Waals surface area contributed by atoms with Crippen molar-refractivity contribution in [1.29, 1.82) is 0 Å². The van der Waals surface area contributed by atoms with Gasteiger partial charge in [-0.15, -0.1) is 0 Å². The molecule has 0 saturated heterocycles. The lowest BCUT2D eigenvalue weighted by atomic mass is 10.1. The average molecular weight is 472 g/mol. The van der Waals surface area contributed by atoms with E-state index < -0.39 is 10.0 Å². The van der Waals surface area contributed by atoms with E-state index in [2.05, 4.69) is 10.6 Å². The summed E-state index contributed by atoms with van der Waals surface area (Å²) < 4.78 is 26.5. The predicted molar refractivity (Wildman–Crippen MR) is 130 cm³/mol. The number of rotatable bonds is 10. The van der Waals surface area contributed by atoms with Crippen LogP contribution in [0.2, 0.25) is 0 Å². The molecule has 1 aliphatic carbocycles. The molecule has 1 aliphatic rings. The maximum absolute atomic E-state index is 12.6. The van der Waals surface area contributed by atoms with Gasteiger partial charge in [-0.2, -0.15) is 4.31 Å². The highest BCUT2D eigenvalue weighted by molar-refractivity contribution is 7.89. The summed E-state index contributed by atoms with van der Waals surface area (Å²) in [5, 5.41) is 5.90. The van der Waals surface area contributed by atoms with Crippen molar-refractivity contribution in [3.05, 3.63) is 59.7 Å². The Bertz CT molecular complexity index is 1040. The summed E-state index contributed by atoms with van der Waals surface area (Å²) in [5.41, 5.74) is 2.11. The Morgan fingerprint density at radius 2 is 1.55 bits per heavy atom. The van der Waals surface area contributed by atoms with Crippen LogP contribution in [0.1, 0.15) is 61.9 Å². The zero-order chi connectivity index (χ0) is 23.8. The molecule has 2 N–H and O–H groups in total. The Hall–Kier alpha value is -2.71. The van der Waals surface area contributed by atoms with E-state index in [-0.39, 0.29) is 29.2 Å². The Morgan fingerprint density at radius 3 is 2.12 bits per heavy atom. The van der Waals surface area contributed by atoms with Gasteiger partial charge in [0, 0.05) is 36.8 Å². The van der Waals surface area contributed by atoms with E-state index in [4.69, 9.17) is 0 Å². The van der Waals surface area contributed by atoms with Crippen molar-refractivity contribution in [3.63, 3.8) is 0 Å². The Balaban J connectivity index is 1.49. The lowest BCUT2D eigenvalue weighted by molar-refractivity contribution is -0.116. The molecule has 2 aromatic rings. The topological polar surface area (TPSA) is 95.6 Å². The largest absolute Gasteiger partial charge is 0.349 e. The van der Waals surface area contributed by atoms with Crippen LogP contribution in [-0.2, 0) is 21.2 Å². The second kappa shape index (κ2) is 11.4. The van der Waals surface area contributed by atoms with Crippen molar-refractivity contribution in [1.82, 2.24) is 9.62 Å². The Kier molecular flexibility index (Phi) is 8.63. The van der Waals surface area contributed by atoms with Gasteiger partial charge in [-0.3, -0.25) is 9.59 Å². The molecule has 2 amide bonds. The van der Waals surface area contributed by atoms with E-state index in [1.807, 2.05) is 13.8 Å². The number of sulfonamides is 1. The number of amides is 2. The van der Waals surface area contributed by atoms with Crippen LogP contribution in [0.5, 0.6) is 0 Å². The summed E-state index contributed by atoms with van der Waals surface area (Å²) >= 11 is 0. The molecule has 1 fully saturated rings.